The first-order valence-electron chi connectivity index (χ1n) is 7.91. The Kier molecular flexibility index (Phi) is 7.05. The highest BCUT2D eigenvalue weighted by Gasteiger charge is 2.22. The predicted molar refractivity (Wildman–Crippen MR) is 94.6 cm³/mol. The number of methoxy groups -OCH3 is 1. The third kappa shape index (κ3) is 4.77. The van der Waals surface area contributed by atoms with E-state index in [1.54, 1.807) is 12.1 Å². The monoisotopic (exact) mass is 382 g/mol. The number of amides is 3. The van der Waals surface area contributed by atoms with Gasteiger partial charge in [0.15, 0.2) is 6.61 Å². The van der Waals surface area contributed by atoms with Crippen molar-refractivity contribution in [2.75, 3.05) is 20.3 Å². The molecule has 1 heterocycles. The number of hydrogen-bond donors (Lipinski definition) is 2. The van der Waals surface area contributed by atoms with E-state index in [1.807, 2.05) is 12.2 Å². The number of imide groups is 1. The minimum atomic E-state index is -0.776. The Bertz CT molecular complexity index is 821. The summed E-state index contributed by atoms with van der Waals surface area (Å²) >= 11 is 1.06. The molecule has 2 rings (SSSR count). The molecule has 2 N–H and O–H groups in total. The largest absolute Gasteiger partial charge is 0.451 e. The molecule has 0 atom stereocenters. The lowest BCUT2D eigenvalue weighted by molar-refractivity contribution is -0.123. The fraction of sp³-hybridized carbons (Fsp3) is 0.353. The second-order valence-electron chi connectivity index (χ2n) is 5.34. The van der Waals surface area contributed by atoms with Crippen molar-refractivity contribution in [2.45, 2.75) is 20.0 Å². The molecular weight excluding hydrogens is 363 g/mol. The van der Waals surface area contributed by atoms with E-state index in [-0.39, 0.29) is 11.5 Å². The van der Waals surface area contributed by atoms with Crippen molar-refractivity contribution in [2.24, 2.45) is 0 Å². The van der Waals surface area contributed by atoms with Gasteiger partial charge < -0.3 is 14.8 Å². The van der Waals surface area contributed by atoms with Crippen molar-refractivity contribution in [3.05, 3.63) is 34.5 Å². The van der Waals surface area contributed by atoms with Crippen molar-refractivity contribution < 1.29 is 28.2 Å². The van der Waals surface area contributed by atoms with Gasteiger partial charge in [-0.25, -0.2) is 14.0 Å². The van der Waals surface area contributed by atoms with Crippen LogP contribution < -0.4 is 10.6 Å². The molecule has 0 unspecified atom stereocenters. The fourth-order valence-corrected chi connectivity index (χ4v) is 3.37. The van der Waals surface area contributed by atoms with Crippen LogP contribution in [0.5, 0.6) is 0 Å². The Morgan fingerprint density at radius 3 is 2.73 bits per heavy atom. The standard InChI is InChI=1S/C17H19FN2O5S/c1-3-7-19-17(23)20-13(21)9-25-16(22)15-10(8-24-2)14-11(18)5-4-6-12(14)26-15/h4-6H,3,7-9H2,1-2H3,(H2,19,20,21,23). The molecule has 0 aliphatic rings. The highest BCUT2D eigenvalue weighted by molar-refractivity contribution is 7.21. The van der Waals surface area contributed by atoms with Crippen molar-refractivity contribution in [1.82, 2.24) is 10.6 Å². The SMILES string of the molecule is CCCNC(=O)NC(=O)COC(=O)c1sc2cccc(F)c2c1COC. The molecule has 140 valence electrons. The van der Waals surface area contributed by atoms with Crippen LogP contribution in [0.1, 0.15) is 28.6 Å². The number of carbonyl (C=O) groups excluding carboxylic acids is 3. The minimum Gasteiger partial charge on any atom is -0.451 e. The molecule has 9 heteroatoms. The van der Waals surface area contributed by atoms with Crippen LogP contribution in [0.15, 0.2) is 18.2 Å². The molecule has 3 amide bonds. The summed E-state index contributed by atoms with van der Waals surface area (Å²) in [6, 6.07) is 3.87. The number of carbonyl (C=O) groups is 3. The van der Waals surface area contributed by atoms with Gasteiger partial charge in [-0.05, 0) is 18.6 Å². The zero-order valence-corrected chi connectivity index (χ0v) is 15.2. The zero-order chi connectivity index (χ0) is 19.1. The Balaban J connectivity index is 2.07. The molecule has 0 aliphatic heterocycles. The molecule has 1 aromatic heterocycles. The van der Waals surface area contributed by atoms with Crippen LogP contribution in [0.2, 0.25) is 0 Å². The van der Waals surface area contributed by atoms with Crippen LogP contribution >= 0.6 is 11.3 Å². The van der Waals surface area contributed by atoms with Gasteiger partial charge in [-0.1, -0.05) is 13.0 Å². The normalized spacial score (nSPS) is 10.6. The molecule has 0 saturated heterocycles. The number of rotatable bonds is 7. The first-order valence-corrected chi connectivity index (χ1v) is 8.73. The van der Waals surface area contributed by atoms with Crippen LogP contribution in [0, 0.1) is 5.82 Å². The van der Waals surface area contributed by atoms with Gasteiger partial charge in [-0.2, -0.15) is 0 Å². The summed E-state index contributed by atoms with van der Waals surface area (Å²) in [6.07, 6.45) is 0.724. The number of benzene rings is 1. The van der Waals surface area contributed by atoms with E-state index < -0.39 is 30.3 Å². The molecule has 0 aliphatic carbocycles. The fourth-order valence-electron chi connectivity index (χ4n) is 2.26. The lowest BCUT2D eigenvalue weighted by Gasteiger charge is -2.07. The Labute approximate surface area is 153 Å². The maximum absolute atomic E-state index is 14.1. The summed E-state index contributed by atoms with van der Waals surface area (Å²) in [5.41, 5.74) is 0.372. The highest BCUT2D eigenvalue weighted by Crippen LogP contribution is 2.34. The molecule has 0 saturated carbocycles. The van der Waals surface area contributed by atoms with Gasteiger partial charge in [0.05, 0.1) is 6.61 Å². The topological polar surface area (TPSA) is 93.7 Å². The number of nitrogens with one attached hydrogen (secondary N) is 2. The quantitative estimate of drug-likeness (QED) is 0.718. The summed E-state index contributed by atoms with van der Waals surface area (Å²) in [6.45, 7) is 1.69. The van der Waals surface area contributed by atoms with Gasteiger partial charge in [0.2, 0.25) is 0 Å². The summed E-state index contributed by atoms with van der Waals surface area (Å²) in [5.74, 6) is -2.00. The van der Waals surface area contributed by atoms with Crippen LogP contribution in [-0.2, 0) is 20.9 Å². The third-order valence-corrected chi connectivity index (χ3v) is 4.54. The van der Waals surface area contributed by atoms with Crippen molar-refractivity contribution in [1.29, 1.82) is 0 Å². The smallest absolute Gasteiger partial charge is 0.349 e. The maximum atomic E-state index is 14.1. The lowest BCUT2D eigenvalue weighted by atomic mass is 10.1. The van der Waals surface area contributed by atoms with Gasteiger partial charge >= 0.3 is 12.0 Å². The van der Waals surface area contributed by atoms with E-state index in [9.17, 15) is 18.8 Å². The summed E-state index contributed by atoms with van der Waals surface area (Å²) in [4.78, 5) is 35.5. The van der Waals surface area contributed by atoms with E-state index >= 15 is 0 Å². The lowest BCUT2D eigenvalue weighted by Crippen LogP contribution is -2.41. The van der Waals surface area contributed by atoms with Gasteiger partial charge in [0, 0.05) is 29.3 Å². The Hall–Kier alpha value is -2.52. The number of halogens is 1. The van der Waals surface area contributed by atoms with Gasteiger partial charge in [0.25, 0.3) is 5.91 Å². The molecule has 26 heavy (non-hydrogen) atoms. The second kappa shape index (κ2) is 9.25. The van der Waals surface area contributed by atoms with E-state index in [0.29, 0.717) is 22.2 Å². The molecule has 0 fully saturated rings. The highest BCUT2D eigenvalue weighted by atomic mass is 32.1. The first kappa shape index (κ1) is 19.8. The average Bonchev–Trinajstić information content (AvgIpc) is 2.98. The van der Waals surface area contributed by atoms with E-state index in [1.165, 1.54) is 13.2 Å². The maximum Gasteiger partial charge on any atom is 0.349 e. The van der Waals surface area contributed by atoms with E-state index in [2.05, 4.69) is 5.32 Å². The second-order valence-corrected chi connectivity index (χ2v) is 6.39. The molecule has 0 radical (unpaired) electrons. The molecule has 7 nitrogen and oxygen atoms in total. The summed E-state index contributed by atoms with van der Waals surface area (Å²) < 4.78 is 24.7. The zero-order valence-electron chi connectivity index (χ0n) is 14.4. The third-order valence-electron chi connectivity index (χ3n) is 3.36. The Morgan fingerprint density at radius 2 is 2.04 bits per heavy atom. The van der Waals surface area contributed by atoms with Crippen LogP contribution in [0.25, 0.3) is 10.1 Å². The van der Waals surface area contributed by atoms with E-state index in [0.717, 1.165) is 17.8 Å². The van der Waals surface area contributed by atoms with Crippen LogP contribution in [-0.4, -0.2) is 38.2 Å². The number of hydrogen-bond acceptors (Lipinski definition) is 6. The molecule has 1 aromatic carbocycles. The number of fused-ring (bicyclic) bond motifs is 1. The molecule has 0 bridgehead atoms. The average molecular weight is 382 g/mol. The number of esters is 1. The number of urea groups is 1. The van der Waals surface area contributed by atoms with Crippen molar-refractivity contribution >= 4 is 39.3 Å². The summed E-state index contributed by atoms with van der Waals surface area (Å²) in [5, 5.41) is 4.82. The first-order chi connectivity index (χ1) is 12.5. The Morgan fingerprint density at radius 1 is 1.27 bits per heavy atom. The van der Waals surface area contributed by atoms with Crippen LogP contribution in [0.4, 0.5) is 9.18 Å². The molecular formula is C17H19FN2O5S. The van der Waals surface area contributed by atoms with Gasteiger partial charge in [-0.3, -0.25) is 10.1 Å². The minimum absolute atomic E-state index is 0.0248. The van der Waals surface area contributed by atoms with Crippen LogP contribution in [0.3, 0.4) is 0 Å². The number of ether oxygens (including phenoxy) is 2. The van der Waals surface area contributed by atoms with E-state index in [4.69, 9.17) is 9.47 Å². The van der Waals surface area contributed by atoms with Crippen molar-refractivity contribution in [3.8, 4) is 0 Å². The predicted octanol–water partition coefficient (Wildman–Crippen LogP) is 2.58. The molecule has 0 spiro atoms. The van der Waals surface area contributed by atoms with Gasteiger partial charge in [-0.15, -0.1) is 11.3 Å². The van der Waals surface area contributed by atoms with Gasteiger partial charge in [0.1, 0.15) is 10.7 Å². The number of thiophene rings is 1. The molecule has 2 aromatic rings. The van der Waals surface area contributed by atoms with Crippen molar-refractivity contribution in [3.63, 3.8) is 0 Å². The summed E-state index contributed by atoms with van der Waals surface area (Å²) in [7, 11) is 1.43.